The van der Waals surface area contributed by atoms with E-state index in [1.165, 1.54) is 29.5 Å². The molecule has 0 saturated carbocycles. The van der Waals surface area contributed by atoms with Gasteiger partial charge in [0, 0.05) is 31.6 Å². The van der Waals surface area contributed by atoms with Gasteiger partial charge in [-0.2, -0.15) is 4.98 Å². The average Bonchev–Trinajstić information content (AvgIpc) is 3.13. The topological polar surface area (TPSA) is 118 Å². The lowest BCUT2D eigenvalue weighted by Crippen LogP contribution is -2.21. The summed E-state index contributed by atoms with van der Waals surface area (Å²) in [5.41, 5.74) is 1.90. The van der Waals surface area contributed by atoms with Crippen molar-refractivity contribution in [1.29, 1.82) is 0 Å². The van der Waals surface area contributed by atoms with Crippen molar-refractivity contribution in [2.75, 3.05) is 19.5 Å². The molecule has 178 valence electrons. The van der Waals surface area contributed by atoms with Crippen molar-refractivity contribution >= 4 is 34.8 Å². The lowest BCUT2D eigenvalue weighted by Gasteiger charge is -2.13. The summed E-state index contributed by atoms with van der Waals surface area (Å²) in [6, 6.07) is 9.90. The lowest BCUT2D eigenvalue weighted by molar-refractivity contribution is 0.397. The maximum atomic E-state index is 12.5. The molecular weight excluding hydrogens is 485 g/mol. The molecule has 3 aromatic rings. The molecule has 0 saturated heterocycles. The van der Waals surface area contributed by atoms with E-state index in [-0.39, 0.29) is 18.4 Å². The van der Waals surface area contributed by atoms with Gasteiger partial charge in [-0.15, -0.1) is 0 Å². The van der Waals surface area contributed by atoms with E-state index in [1.54, 1.807) is 12.3 Å². The Morgan fingerprint density at radius 1 is 1.12 bits per heavy atom. The van der Waals surface area contributed by atoms with Crippen LogP contribution in [0, 0.1) is 0 Å². The number of nitrogens with zero attached hydrogens (tertiary/aromatic N) is 2. The van der Waals surface area contributed by atoms with Crippen LogP contribution in [0.15, 0.2) is 57.9 Å². The Hall–Kier alpha value is -2.01. The first-order chi connectivity index (χ1) is 15.7. The predicted octanol–water partition coefficient (Wildman–Crippen LogP) is 5.60. The highest BCUT2D eigenvalue weighted by Gasteiger charge is 2.26. The van der Waals surface area contributed by atoms with Gasteiger partial charge in [0.25, 0.3) is 0 Å². The fourth-order valence-electron chi connectivity index (χ4n) is 3.22. The molecule has 3 rings (SSSR count). The van der Waals surface area contributed by atoms with Gasteiger partial charge in [-0.05, 0) is 18.1 Å². The summed E-state index contributed by atoms with van der Waals surface area (Å²) >= 11 is 0. The van der Waals surface area contributed by atoms with E-state index in [1.807, 2.05) is 18.2 Å². The highest BCUT2D eigenvalue weighted by molar-refractivity contribution is 7.66. The predicted molar refractivity (Wildman–Crippen MR) is 131 cm³/mol. The third-order valence-corrected chi connectivity index (χ3v) is 9.53. The van der Waals surface area contributed by atoms with Gasteiger partial charge in [-0.1, -0.05) is 49.8 Å². The molecule has 0 bridgehead atoms. The number of aromatic nitrogens is 2. The normalized spacial score (nSPS) is 15.6. The van der Waals surface area contributed by atoms with Crippen LogP contribution >= 0.6 is 23.7 Å². The van der Waals surface area contributed by atoms with E-state index in [9.17, 15) is 18.5 Å². The third kappa shape index (κ3) is 7.23. The first-order valence-electron chi connectivity index (χ1n) is 10.4. The maximum absolute atomic E-state index is 12.5. The number of fused-ring (bicyclic) bond motifs is 1. The lowest BCUT2D eigenvalue weighted by atomic mass is 10.1. The van der Waals surface area contributed by atoms with E-state index in [2.05, 4.69) is 24.0 Å². The van der Waals surface area contributed by atoms with E-state index in [0.29, 0.717) is 11.1 Å². The van der Waals surface area contributed by atoms with Crippen molar-refractivity contribution in [3.05, 3.63) is 64.7 Å². The van der Waals surface area contributed by atoms with Crippen molar-refractivity contribution in [3.8, 4) is 11.3 Å². The van der Waals surface area contributed by atoms with Crippen molar-refractivity contribution < 1.29 is 26.7 Å². The van der Waals surface area contributed by atoms with Crippen LogP contribution in [0.3, 0.4) is 0 Å². The molecule has 2 unspecified atom stereocenters. The molecule has 33 heavy (non-hydrogen) atoms. The molecule has 0 aliphatic carbocycles. The minimum Gasteiger partial charge on any atom is -0.437 e. The molecule has 2 aromatic heterocycles. The van der Waals surface area contributed by atoms with E-state index in [0.717, 1.165) is 18.4 Å². The second-order valence-corrected chi connectivity index (χ2v) is 12.4. The Labute approximate surface area is 193 Å². The fraction of sp³-hybridized carbons (Fsp3) is 0.333. The van der Waals surface area contributed by atoms with Crippen molar-refractivity contribution in [1.82, 2.24) is 9.55 Å². The van der Waals surface area contributed by atoms with Crippen LogP contribution in [-0.2, 0) is 35.3 Å². The number of hydrogen-bond acceptors (Lipinski definition) is 8. The van der Waals surface area contributed by atoms with Gasteiger partial charge in [-0.25, -0.2) is 4.79 Å². The molecule has 0 spiro atoms. The summed E-state index contributed by atoms with van der Waals surface area (Å²) < 4.78 is 52.2. The summed E-state index contributed by atoms with van der Waals surface area (Å²) in [5, 5.41) is 0.669. The Morgan fingerprint density at radius 2 is 1.79 bits per heavy atom. The Kier molecular flexibility index (Phi) is 8.86. The molecule has 2 heterocycles. The molecule has 0 radical (unpaired) electrons. The Bertz CT molecular complexity index is 1280. The molecule has 0 aliphatic heterocycles. The largest absolute Gasteiger partial charge is 0.437 e. The Morgan fingerprint density at radius 3 is 2.39 bits per heavy atom. The highest BCUT2D eigenvalue weighted by atomic mass is 31.3. The molecule has 2 atom stereocenters. The SMILES string of the molecule is CCCc1ccc(-c2cc3cn(C/C=C/CP(=O)(O[PH](C)=O)O[PH](C)=O)c(=O)nc3o2)cc1. The Balaban J connectivity index is 1.75. The van der Waals surface area contributed by atoms with Crippen LogP contribution in [0.4, 0.5) is 0 Å². The smallest absolute Gasteiger partial charge is 0.351 e. The summed E-state index contributed by atoms with van der Waals surface area (Å²) in [4.78, 5) is 16.4. The van der Waals surface area contributed by atoms with E-state index >= 15 is 0 Å². The van der Waals surface area contributed by atoms with E-state index < -0.39 is 29.3 Å². The van der Waals surface area contributed by atoms with Gasteiger partial charge in [-0.3, -0.25) is 26.9 Å². The second-order valence-electron chi connectivity index (χ2n) is 7.42. The summed E-state index contributed by atoms with van der Waals surface area (Å²) in [7, 11) is -8.88. The second kappa shape index (κ2) is 11.4. The van der Waals surface area contributed by atoms with Crippen LogP contribution in [-0.4, -0.2) is 29.0 Å². The van der Waals surface area contributed by atoms with Crippen LogP contribution in [0.2, 0.25) is 0 Å². The number of furan rings is 1. The van der Waals surface area contributed by atoms with Crippen LogP contribution < -0.4 is 5.69 Å². The zero-order valence-electron chi connectivity index (χ0n) is 18.6. The fourth-order valence-corrected chi connectivity index (χ4v) is 7.85. The molecule has 9 nitrogen and oxygen atoms in total. The van der Waals surface area contributed by atoms with Crippen molar-refractivity contribution in [2.24, 2.45) is 0 Å². The summed E-state index contributed by atoms with van der Waals surface area (Å²) in [6.45, 7) is 4.83. The van der Waals surface area contributed by atoms with E-state index in [4.69, 9.17) is 13.0 Å². The molecule has 1 aromatic carbocycles. The van der Waals surface area contributed by atoms with Crippen LogP contribution in [0.5, 0.6) is 0 Å². The van der Waals surface area contributed by atoms with Crippen molar-refractivity contribution in [2.45, 2.75) is 26.3 Å². The molecule has 0 N–H and O–H groups in total. The number of aryl methyl sites for hydroxylation is 1. The van der Waals surface area contributed by atoms with Gasteiger partial charge in [0.15, 0.2) is 16.1 Å². The molecular formula is C21H27N2O7P3. The number of rotatable bonds is 11. The zero-order valence-corrected chi connectivity index (χ0v) is 21.5. The quantitative estimate of drug-likeness (QED) is 0.241. The molecule has 0 aliphatic rings. The van der Waals surface area contributed by atoms with Gasteiger partial charge in [0.2, 0.25) is 5.71 Å². The molecule has 0 amide bonds. The minimum atomic E-state index is -3.78. The highest BCUT2D eigenvalue weighted by Crippen LogP contribution is 2.59. The molecule has 12 heteroatoms. The average molecular weight is 512 g/mol. The number of benzene rings is 1. The maximum Gasteiger partial charge on any atom is 0.351 e. The number of hydrogen-bond donors (Lipinski definition) is 0. The van der Waals surface area contributed by atoms with Gasteiger partial charge in [0.1, 0.15) is 5.76 Å². The first kappa shape index (κ1) is 25.6. The van der Waals surface area contributed by atoms with Crippen LogP contribution in [0.25, 0.3) is 22.4 Å². The van der Waals surface area contributed by atoms with Gasteiger partial charge >= 0.3 is 13.3 Å². The summed E-state index contributed by atoms with van der Waals surface area (Å²) in [5.74, 6) is 0.619. The minimum absolute atomic E-state index is 0.149. The van der Waals surface area contributed by atoms with Gasteiger partial charge in [0.05, 0.1) is 11.5 Å². The third-order valence-electron chi connectivity index (χ3n) is 4.59. The summed E-state index contributed by atoms with van der Waals surface area (Å²) in [6.07, 6.45) is 6.57. The first-order valence-corrected chi connectivity index (χ1v) is 15.8. The zero-order chi connectivity index (χ0) is 24.0. The standard InChI is InChI=1S/C21H27N2O7P3/c1-4-7-16-8-10-17(11-9-16)19-14-18-15-23(21(24)22-20(18)28-19)12-5-6-13-33(27,29-31(2)25)30-32(3)26/h5-6,8-11,14-15,31-32H,4,7,12-13H2,1-3H3/b6-5+. The van der Waals surface area contributed by atoms with Gasteiger partial charge < -0.3 is 4.42 Å². The monoisotopic (exact) mass is 512 g/mol. The number of allylic oxidation sites excluding steroid dienone is 2. The van der Waals surface area contributed by atoms with Crippen molar-refractivity contribution in [3.63, 3.8) is 0 Å². The molecule has 0 fully saturated rings. The van der Waals surface area contributed by atoms with Crippen LogP contribution in [0.1, 0.15) is 18.9 Å².